The molecule has 5 amide bonds. The first-order valence-electron chi connectivity index (χ1n) is 15.9. The van der Waals surface area contributed by atoms with Crippen LogP contribution in [0.5, 0.6) is 0 Å². The number of nitrogens with two attached hydrogens (primary N) is 1. The van der Waals surface area contributed by atoms with E-state index in [1.54, 1.807) is 24.3 Å². The standard InChI is InChI=1S/C33H43N7O8S/c1-19(2)15-25(33(47)48)39-31(45)24(12-6-7-14-34)38-29(43)20(3)37-28(42)18-35-27(41)17-36-30(44)21-9-8-10-22(16-21)40-32(46)23-11-4-5-13-26(23)49-40/h4-5,8-11,13,16,19-20,24-25H,6-7,12,14-15,17-18,34H2,1-3H3,(H,35,41)(H,36,44)(H,37,42)(H,38,43)(H,39,45)(H,47,48)/t20-,24-,25-/m1/s1. The molecule has 0 aliphatic rings. The molecule has 264 valence electrons. The summed E-state index contributed by atoms with van der Waals surface area (Å²) in [6.45, 7) is 4.48. The van der Waals surface area contributed by atoms with Gasteiger partial charge in [0.25, 0.3) is 11.5 Å². The van der Waals surface area contributed by atoms with E-state index in [-0.39, 0.29) is 29.9 Å². The van der Waals surface area contributed by atoms with Gasteiger partial charge in [0, 0.05) is 5.56 Å². The third-order valence-corrected chi connectivity index (χ3v) is 8.47. The van der Waals surface area contributed by atoms with E-state index in [0.29, 0.717) is 30.5 Å². The van der Waals surface area contributed by atoms with E-state index in [1.165, 1.54) is 34.5 Å². The Bertz CT molecular complexity index is 1720. The Kier molecular flexibility index (Phi) is 14.4. The topological polar surface area (TPSA) is 231 Å². The van der Waals surface area contributed by atoms with Crippen molar-refractivity contribution >= 4 is 57.1 Å². The minimum atomic E-state index is -1.19. The fourth-order valence-corrected chi connectivity index (χ4v) is 5.79. The smallest absolute Gasteiger partial charge is 0.326 e. The van der Waals surface area contributed by atoms with Gasteiger partial charge in [-0.3, -0.25) is 28.8 Å². The first-order valence-corrected chi connectivity index (χ1v) is 16.7. The number of carbonyl (C=O) groups is 6. The summed E-state index contributed by atoms with van der Waals surface area (Å²) in [7, 11) is 0. The SMILES string of the molecule is CC(C)C[C@@H](NC(=O)[C@@H](CCCCN)NC(=O)[C@@H](C)NC(=O)CNC(=O)CNC(=O)c1cccc(-n2sc3ccccc3c2=O)c1)C(=O)O. The molecular formula is C33H43N7O8S. The van der Waals surface area contributed by atoms with Crippen molar-refractivity contribution in [3.05, 3.63) is 64.4 Å². The van der Waals surface area contributed by atoms with Crippen LogP contribution in [0.3, 0.4) is 0 Å². The van der Waals surface area contributed by atoms with E-state index in [1.807, 2.05) is 26.0 Å². The summed E-state index contributed by atoms with van der Waals surface area (Å²) in [5, 5.41) is 22.4. The Hall–Kier alpha value is -5.09. The average Bonchev–Trinajstić information content (AvgIpc) is 3.41. The number of aromatic nitrogens is 1. The van der Waals surface area contributed by atoms with Gasteiger partial charge in [-0.1, -0.05) is 43.6 Å². The summed E-state index contributed by atoms with van der Waals surface area (Å²) in [5.41, 5.74) is 6.06. The van der Waals surface area contributed by atoms with Crippen LogP contribution in [0.2, 0.25) is 0 Å². The van der Waals surface area contributed by atoms with Gasteiger partial charge in [-0.05, 0) is 75.4 Å². The molecule has 15 nitrogen and oxygen atoms in total. The van der Waals surface area contributed by atoms with Gasteiger partial charge in [0.15, 0.2) is 0 Å². The summed E-state index contributed by atoms with van der Waals surface area (Å²) < 4.78 is 2.28. The van der Waals surface area contributed by atoms with Crippen molar-refractivity contribution in [3.8, 4) is 5.69 Å². The van der Waals surface area contributed by atoms with E-state index < -0.39 is 66.7 Å². The lowest BCUT2D eigenvalue weighted by atomic mass is 10.0. The van der Waals surface area contributed by atoms with Gasteiger partial charge >= 0.3 is 5.97 Å². The second kappa shape index (κ2) is 18.5. The summed E-state index contributed by atoms with van der Waals surface area (Å²) in [5.74, 6) is -4.46. The monoisotopic (exact) mass is 697 g/mol. The number of rotatable bonds is 18. The van der Waals surface area contributed by atoms with Crippen LogP contribution in [0.25, 0.3) is 15.8 Å². The third-order valence-electron chi connectivity index (χ3n) is 7.36. The minimum absolute atomic E-state index is 0.00205. The molecule has 1 aromatic heterocycles. The van der Waals surface area contributed by atoms with E-state index in [4.69, 9.17) is 5.73 Å². The molecule has 2 aromatic carbocycles. The lowest BCUT2D eigenvalue weighted by molar-refractivity contribution is -0.142. The molecule has 0 bridgehead atoms. The highest BCUT2D eigenvalue weighted by molar-refractivity contribution is 7.14. The van der Waals surface area contributed by atoms with Crippen LogP contribution in [0.15, 0.2) is 53.3 Å². The number of fused-ring (bicyclic) bond motifs is 1. The predicted octanol–water partition coefficient (Wildman–Crippen LogP) is 0.632. The maximum Gasteiger partial charge on any atom is 0.326 e. The number of hydrogen-bond acceptors (Lipinski definition) is 9. The van der Waals surface area contributed by atoms with Gasteiger partial charge in [-0.25, -0.2) is 8.75 Å². The number of carboxylic acid groups (broad SMARTS) is 1. The van der Waals surface area contributed by atoms with Crippen LogP contribution in [0.1, 0.15) is 56.8 Å². The van der Waals surface area contributed by atoms with Crippen molar-refractivity contribution < 1.29 is 33.9 Å². The first-order chi connectivity index (χ1) is 23.3. The molecule has 0 saturated heterocycles. The molecule has 16 heteroatoms. The molecule has 0 fully saturated rings. The maximum absolute atomic E-state index is 12.9. The van der Waals surface area contributed by atoms with E-state index in [9.17, 15) is 38.7 Å². The molecule has 0 saturated carbocycles. The maximum atomic E-state index is 12.9. The minimum Gasteiger partial charge on any atom is -0.480 e. The molecule has 8 N–H and O–H groups in total. The highest BCUT2D eigenvalue weighted by atomic mass is 32.1. The zero-order valence-corrected chi connectivity index (χ0v) is 28.4. The van der Waals surface area contributed by atoms with Crippen LogP contribution in [0, 0.1) is 5.92 Å². The van der Waals surface area contributed by atoms with Crippen molar-refractivity contribution in [1.29, 1.82) is 0 Å². The quantitative estimate of drug-likeness (QED) is 0.0923. The molecule has 0 unspecified atom stereocenters. The van der Waals surface area contributed by atoms with Gasteiger partial charge in [0.05, 0.1) is 28.9 Å². The van der Waals surface area contributed by atoms with Crippen LogP contribution < -0.4 is 37.9 Å². The Morgan fingerprint density at radius 2 is 1.53 bits per heavy atom. The predicted molar refractivity (Wildman–Crippen MR) is 184 cm³/mol. The molecule has 3 aromatic rings. The number of nitrogens with zero attached hydrogens (tertiary/aromatic N) is 1. The zero-order valence-electron chi connectivity index (χ0n) is 27.6. The summed E-state index contributed by atoms with van der Waals surface area (Å²) >= 11 is 1.25. The van der Waals surface area contributed by atoms with E-state index >= 15 is 0 Å². The zero-order chi connectivity index (χ0) is 36.1. The van der Waals surface area contributed by atoms with Crippen LogP contribution in [-0.4, -0.2) is 82.3 Å². The van der Waals surface area contributed by atoms with Gasteiger partial charge in [0.1, 0.15) is 18.1 Å². The molecule has 1 heterocycles. The Labute approximate surface area is 287 Å². The molecule has 0 radical (unpaired) electrons. The lowest BCUT2D eigenvalue weighted by Crippen LogP contribution is -2.55. The molecule has 3 atom stereocenters. The molecule has 0 spiro atoms. The number of carboxylic acids is 1. The van der Waals surface area contributed by atoms with E-state index in [2.05, 4.69) is 26.6 Å². The van der Waals surface area contributed by atoms with Gasteiger partial charge in [-0.2, -0.15) is 0 Å². The number of aliphatic carboxylic acids is 1. The van der Waals surface area contributed by atoms with Crippen LogP contribution in [-0.2, 0) is 24.0 Å². The van der Waals surface area contributed by atoms with Gasteiger partial charge < -0.3 is 37.4 Å². The van der Waals surface area contributed by atoms with Gasteiger partial charge in [-0.15, -0.1) is 0 Å². The molecule has 49 heavy (non-hydrogen) atoms. The first kappa shape index (κ1) is 38.4. The highest BCUT2D eigenvalue weighted by Gasteiger charge is 2.28. The van der Waals surface area contributed by atoms with Gasteiger partial charge in [0.2, 0.25) is 23.6 Å². The van der Waals surface area contributed by atoms with Crippen molar-refractivity contribution in [3.63, 3.8) is 0 Å². The van der Waals surface area contributed by atoms with Crippen LogP contribution >= 0.6 is 11.5 Å². The largest absolute Gasteiger partial charge is 0.480 e. The number of hydrogen-bond donors (Lipinski definition) is 7. The number of benzene rings is 2. The summed E-state index contributed by atoms with van der Waals surface area (Å²) in [6.07, 6.45) is 1.49. The Morgan fingerprint density at radius 1 is 0.837 bits per heavy atom. The number of unbranched alkanes of at least 4 members (excludes halogenated alkanes) is 1. The Morgan fingerprint density at radius 3 is 2.20 bits per heavy atom. The Balaban J connectivity index is 1.48. The lowest BCUT2D eigenvalue weighted by Gasteiger charge is -2.24. The van der Waals surface area contributed by atoms with Crippen molar-refractivity contribution in [2.75, 3.05) is 19.6 Å². The van der Waals surface area contributed by atoms with Crippen molar-refractivity contribution in [2.45, 2.75) is 64.6 Å². The molecule has 3 rings (SSSR count). The number of nitrogens with one attached hydrogen (secondary N) is 5. The average molecular weight is 698 g/mol. The normalized spacial score (nSPS) is 12.8. The van der Waals surface area contributed by atoms with Crippen LogP contribution in [0.4, 0.5) is 0 Å². The van der Waals surface area contributed by atoms with E-state index in [0.717, 1.165) is 4.70 Å². The second-order valence-corrected chi connectivity index (χ2v) is 12.8. The molecule has 0 aliphatic heterocycles. The third kappa shape index (κ3) is 11.5. The fraction of sp³-hybridized carbons (Fsp3) is 0.424. The fourth-order valence-electron chi connectivity index (χ4n) is 4.80. The summed E-state index contributed by atoms with van der Waals surface area (Å²) in [4.78, 5) is 87.8. The molecular weight excluding hydrogens is 654 g/mol. The van der Waals surface area contributed by atoms with Crippen molar-refractivity contribution in [2.24, 2.45) is 11.7 Å². The van der Waals surface area contributed by atoms with Crippen molar-refractivity contribution in [1.82, 2.24) is 30.5 Å². The number of amides is 5. The highest BCUT2D eigenvalue weighted by Crippen LogP contribution is 2.20. The summed E-state index contributed by atoms with van der Waals surface area (Å²) in [6, 6.07) is 10.3. The number of carbonyl (C=O) groups excluding carboxylic acids is 5. The second-order valence-electron chi connectivity index (χ2n) is 11.9. The molecule has 0 aliphatic carbocycles.